The normalized spacial score (nSPS) is 12.0. The van der Waals surface area contributed by atoms with Crippen LogP contribution in [0.15, 0.2) is 54.2 Å². The molecule has 0 aliphatic carbocycles. The van der Waals surface area contributed by atoms with Crippen LogP contribution >= 0.6 is 0 Å². The van der Waals surface area contributed by atoms with Gasteiger partial charge in [-0.2, -0.15) is 0 Å². The number of nitrogens with one attached hydrogen (secondary N) is 2. The Bertz CT molecular complexity index is 902. The zero-order valence-electron chi connectivity index (χ0n) is 16.5. The summed E-state index contributed by atoms with van der Waals surface area (Å²) < 4.78 is 5.38. The topological polar surface area (TPSA) is 108 Å². The molecule has 0 unspecified atom stereocenters. The van der Waals surface area contributed by atoms with E-state index in [0.717, 1.165) is 5.56 Å². The van der Waals surface area contributed by atoms with Gasteiger partial charge in [0.1, 0.15) is 11.4 Å². The van der Waals surface area contributed by atoms with E-state index in [-0.39, 0.29) is 5.70 Å². The van der Waals surface area contributed by atoms with Gasteiger partial charge in [0.15, 0.2) is 0 Å². The van der Waals surface area contributed by atoms with E-state index in [2.05, 4.69) is 10.6 Å². The van der Waals surface area contributed by atoms with Crippen molar-refractivity contribution in [3.8, 4) is 5.75 Å². The summed E-state index contributed by atoms with van der Waals surface area (Å²) in [4.78, 5) is 36.0. The molecule has 2 aromatic rings. The highest BCUT2D eigenvalue weighted by atomic mass is 16.5. The molecule has 7 nitrogen and oxygen atoms in total. The van der Waals surface area contributed by atoms with Gasteiger partial charge in [0.2, 0.25) is 0 Å². The van der Waals surface area contributed by atoms with Gasteiger partial charge in [-0.3, -0.25) is 9.59 Å². The molecule has 2 aromatic carbocycles. The fourth-order valence-corrected chi connectivity index (χ4v) is 2.38. The van der Waals surface area contributed by atoms with Crippen molar-refractivity contribution >= 4 is 23.9 Å². The molecule has 0 saturated carbocycles. The summed E-state index contributed by atoms with van der Waals surface area (Å²) in [6.45, 7) is 5.57. The Kier molecular flexibility index (Phi) is 7.54. The minimum Gasteiger partial charge on any atom is -0.548 e. The minimum absolute atomic E-state index is 0.0900. The largest absolute Gasteiger partial charge is 0.548 e. The van der Waals surface area contributed by atoms with E-state index in [0.29, 0.717) is 23.5 Å². The van der Waals surface area contributed by atoms with Gasteiger partial charge in [-0.05, 0) is 56.7 Å². The summed E-state index contributed by atoms with van der Waals surface area (Å²) in [6, 6.07) is 12.5. The van der Waals surface area contributed by atoms with Crippen LogP contribution in [0.1, 0.15) is 35.3 Å². The fraction of sp³-hybridized carbons (Fsp3) is 0.227. The molecule has 0 aliphatic heterocycles. The summed E-state index contributed by atoms with van der Waals surface area (Å²) in [5.74, 6) is -1.98. The first-order valence-electron chi connectivity index (χ1n) is 9.14. The van der Waals surface area contributed by atoms with Crippen LogP contribution in [0, 0.1) is 6.92 Å². The monoisotopic (exact) mass is 395 g/mol. The Labute approximate surface area is 169 Å². The molecule has 2 rings (SSSR count). The van der Waals surface area contributed by atoms with Crippen LogP contribution in [-0.4, -0.2) is 30.4 Å². The molecule has 0 aromatic heterocycles. The number of carboxylic acid groups (broad SMARTS) is 1. The average molecular weight is 395 g/mol. The molecule has 0 aliphatic rings. The maximum atomic E-state index is 12.5. The van der Waals surface area contributed by atoms with Crippen molar-refractivity contribution in [2.24, 2.45) is 0 Å². The first-order chi connectivity index (χ1) is 13.8. The fourth-order valence-electron chi connectivity index (χ4n) is 2.38. The smallest absolute Gasteiger partial charge is 0.268 e. The number of aliphatic carboxylic acids is 1. The summed E-state index contributed by atoms with van der Waals surface area (Å²) >= 11 is 0. The van der Waals surface area contributed by atoms with E-state index in [1.54, 1.807) is 48.5 Å². The third-order valence-electron chi connectivity index (χ3n) is 4.01. The van der Waals surface area contributed by atoms with Gasteiger partial charge in [-0.1, -0.05) is 29.8 Å². The van der Waals surface area contributed by atoms with E-state index in [1.807, 2.05) is 13.8 Å². The zero-order chi connectivity index (χ0) is 21.4. The number of aryl methyl sites for hydroxylation is 1. The number of rotatable bonds is 8. The Morgan fingerprint density at radius 3 is 2.24 bits per heavy atom. The lowest BCUT2D eigenvalue weighted by Crippen LogP contribution is -2.48. The minimum atomic E-state index is -1.43. The number of hydrogen-bond donors (Lipinski definition) is 2. The molecule has 0 spiro atoms. The maximum Gasteiger partial charge on any atom is 0.268 e. The molecule has 0 bridgehead atoms. The maximum absolute atomic E-state index is 12.5. The Morgan fingerprint density at radius 2 is 1.69 bits per heavy atom. The van der Waals surface area contributed by atoms with Crippen molar-refractivity contribution in [2.45, 2.75) is 26.8 Å². The van der Waals surface area contributed by atoms with Crippen LogP contribution in [0.25, 0.3) is 6.08 Å². The third-order valence-corrected chi connectivity index (χ3v) is 4.01. The summed E-state index contributed by atoms with van der Waals surface area (Å²) in [6.07, 6.45) is 1.46. The second-order valence-corrected chi connectivity index (χ2v) is 6.39. The Hall–Kier alpha value is -3.61. The molecule has 0 heterocycles. The van der Waals surface area contributed by atoms with Crippen LogP contribution in [0.3, 0.4) is 0 Å². The van der Waals surface area contributed by atoms with E-state index in [4.69, 9.17) is 4.74 Å². The molecule has 2 amide bonds. The third kappa shape index (κ3) is 6.49. The highest BCUT2D eigenvalue weighted by Crippen LogP contribution is 2.15. The molecular weight excluding hydrogens is 372 g/mol. The van der Waals surface area contributed by atoms with E-state index in [1.165, 1.54) is 13.0 Å². The van der Waals surface area contributed by atoms with Crippen molar-refractivity contribution < 1.29 is 24.2 Å². The highest BCUT2D eigenvalue weighted by molar-refractivity contribution is 6.06. The number of benzene rings is 2. The van der Waals surface area contributed by atoms with Crippen molar-refractivity contribution in [3.05, 3.63) is 70.9 Å². The second-order valence-electron chi connectivity index (χ2n) is 6.39. The average Bonchev–Trinajstić information content (AvgIpc) is 2.69. The van der Waals surface area contributed by atoms with Crippen LogP contribution in [-0.2, 0) is 9.59 Å². The number of hydrogen-bond acceptors (Lipinski definition) is 5. The zero-order valence-corrected chi connectivity index (χ0v) is 16.5. The molecule has 29 heavy (non-hydrogen) atoms. The number of ether oxygens (including phenoxy) is 1. The van der Waals surface area contributed by atoms with Gasteiger partial charge in [-0.25, -0.2) is 0 Å². The number of carbonyl (C=O) groups is 3. The molecule has 1 atom stereocenters. The van der Waals surface area contributed by atoms with Gasteiger partial charge in [-0.15, -0.1) is 0 Å². The van der Waals surface area contributed by atoms with Crippen LogP contribution in [0.2, 0.25) is 0 Å². The SMILES string of the molecule is CCOc1ccc(/C=C(\NC(=O)c2ccc(C)cc2)C(=O)N[C@H](C)C(=O)[O-])cc1. The van der Waals surface area contributed by atoms with E-state index >= 15 is 0 Å². The van der Waals surface area contributed by atoms with Gasteiger partial charge >= 0.3 is 0 Å². The molecular formula is C22H23N2O5-. The lowest BCUT2D eigenvalue weighted by molar-refractivity contribution is -0.307. The molecule has 0 fully saturated rings. The molecule has 0 saturated heterocycles. The predicted octanol–water partition coefficient (Wildman–Crippen LogP) is 1.42. The Morgan fingerprint density at radius 1 is 1.07 bits per heavy atom. The van der Waals surface area contributed by atoms with Crippen molar-refractivity contribution in [3.63, 3.8) is 0 Å². The number of carbonyl (C=O) groups excluding carboxylic acids is 3. The van der Waals surface area contributed by atoms with Gasteiger partial charge < -0.3 is 25.3 Å². The van der Waals surface area contributed by atoms with Crippen molar-refractivity contribution in [1.29, 1.82) is 0 Å². The van der Waals surface area contributed by atoms with Gasteiger partial charge in [0.05, 0.1) is 18.6 Å². The van der Waals surface area contributed by atoms with Crippen LogP contribution in [0.4, 0.5) is 0 Å². The lowest BCUT2D eigenvalue weighted by atomic mass is 10.1. The Balaban J connectivity index is 2.28. The van der Waals surface area contributed by atoms with Gasteiger partial charge in [0, 0.05) is 5.56 Å². The van der Waals surface area contributed by atoms with Crippen LogP contribution < -0.4 is 20.5 Å². The number of amides is 2. The molecule has 7 heteroatoms. The molecule has 0 radical (unpaired) electrons. The standard InChI is InChI=1S/C22H24N2O5/c1-4-29-18-11-7-16(8-12-18)13-19(21(26)23-15(3)22(27)28)24-20(25)17-9-5-14(2)6-10-17/h5-13,15H,4H2,1-3H3,(H,23,26)(H,24,25)(H,27,28)/p-1/b19-13-/t15-/m1/s1. The second kappa shape index (κ2) is 10.1. The van der Waals surface area contributed by atoms with E-state index < -0.39 is 23.8 Å². The molecule has 2 N–H and O–H groups in total. The van der Waals surface area contributed by atoms with Crippen molar-refractivity contribution in [1.82, 2.24) is 10.6 Å². The molecule has 152 valence electrons. The first-order valence-corrected chi connectivity index (χ1v) is 9.14. The highest BCUT2D eigenvalue weighted by Gasteiger charge is 2.17. The summed E-state index contributed by atoms with van der Waals surface area (Å²) in [7, 11) is 0. The lowest BCUT2D eigenvalue weighted by Gasteiger charge is -2.17. The summed E-state index contributed by atoms with van der Waals surface area (Å²) in [5, 5.41) is 15.8. The van der Waals surface area contributed by atoms with Crippen molar-refractivity contribution in [2.75, 3.05) is 6.61 Å². The number of carboxylic acids is 1. The summed E-state index contributed by atoms with van der Waals surface area (Å²) in [5.41, 5.74) is 1.90. The van der Waals surface area contributed by atoms with Crippen LogP contribution in [0.5, 0.6) is 5.75 Å². The van der Waals surface area contributed by atoms with Gasteiger partial charge in [0.25, 0.3) is 11.8 Å². The first kappa shape index (κ1) is 21.7. The quantitative estimate of drug-likeness (QED) is 0.658. The van der Waals surface area contributed by atoms with E-state index in [9.17, 15) is 19.5 Å². The predicted molar refractivity (Wildman–Crippen MR) is 107 cm³/mol.